The van der Waals surface area contributed by atoms with Gasteiger partial charge in [0, 0.05) is 0 Å². The Balaban J connectivity index is 1.41. The molecule has 5 rings (SSSR count). The van der Waals surface area contributed by atoms with Gasteiger partial charge < -0.3 is 0 Å². The van der Waals surface area contributed by atoms with E-state index in [1.165, 1.54) is 12.8 Å². The topological polar surface area (TPSA) is 0 Å². The first-order valence-electron chi connectivity index (χ1n) is 7.63. The summed E-state index contributed by atoms with van der Waals surface area (Å²) < 4.78 is 0. The zero-order valence-corrected chi connectivity index (χ0v) is 10.1. The highest BCUT2D eigenvalue weighted by atomic mass is 14.7. The van der Waals surface area contributed by atoms with Crippen LogP contribution in [0.5, 0.6) is 0 Å². The van der Waals surface area contributed by atoms with Gasteiger partial charge in [-0.3, -0.25) is 0 Å². The van der Waals surface area contributed by atoms with Crippen LogP contribution in [0.4, 0.5) is 0 Å². The maximum atomic E-state index is 2.74. The summed E-state index contributed by atoms with van der Waals surface area (Å²) in [7, 11) is 0. The van der Waals surface area contributed by atoms with E-state index in [4.69, 9.17) is 0 Å². The van der Waals surface area contributed by atoms with Gasteiger partial charge in [0.05, 0.1) is 0 Å². The first-order chi connectivity index (χ1) is 7.92. The van der Waals surface area contributed by atoms with Crippen molar-refractivity contribution in [2.75, 3.05) is 0 Å². The zero-order valence-electron chi connectivity index (χ0n) is 10.1. The molecule has 0 aromatic carbocycles. The Bertz CT molecular complexity index is 366. The van der Waals surface area contributed by atoms with Crippen LogP contribution >= 0.6 is 0 Å². The minimum Gasteiger partial charge on any atom is -0.0813 e. The summed E-state index contributed by atoms with van der Waals surface area (Å²) in [6, 6.07) is 0. The predicted molar refractivity (Wildman–Crippen MR) is 64.8 cm³/mol. The summed E-state index contributed by atoms with van der Waals surface area (Å²) >= 11 is 0. The molecule has 0 N–H and O–H groups in total. The Hall–Kier alpha value is -0.260. The summed E-state index contributed by atoms with van der Waals surface area (Å²) in [5.41, 5.74) is 1.95. The van der Waals surface area contributed by atoms with Crippen LogP contribution in [0.2, 0.25) is 0 Å². The summed E-state index contributed by atoms with van der Waals surface area (Å²) in [6.07, 6.45) is 13.7. The fourth-order valence-corrected chi connectivity index (χ4v) is 6.23. The maximum Gasteiger partial charge on any atom is -0.00975 e. The van der Waals surface area contributed by atoms with Gasteiger partial charge in [-0.05, 0) is 73.5 Å². The maximum absolute atomic E-state index is 2.74. The summed E-state index contributed by atoms with van der Waals surface area (Å²) in [4.78, 5) is 0. The van der Waals surface area contributed by atoms with Gasteiger partial charge in [0.15, 0.2) is 0 Å². The Kier molecular flexibility index (Phi) is 1.52. The second kappa shape index (κ2) is 2.76. The second-order valence-corrected chi connectivity index (χ2v) is 7.32. The van der Waals surface area contributed by atoms with Gasteiger partial charge in [-0.15, -0.1) is 0 Å². The highest BCUT2D eigenvalue weighted by molar-refractivity contribution is 5.39. The van der Waals surface area contributed by atoms with Gasteiger partial charge in [-0.2, -0.15) is 0 Å². The van der Waals surface area contributed by atoms with E-state index in [0.717, 1.165) is 41.4 Å². The molecule has 0 amide bonds. The van der Waals surface area contributed by atoms with Crippen molar-refractivity contribution in [2.24, 2.45) is 41.4 Å². The third-order valence-electron chi connectivity index (χ3n) is 6.79. The third-order valence-corrected chi connectivity index (χ3v) is 6.79. The number of hydrogen-bond acceptors (Lipinski definition) is 0. The van der Waals surface area contributed by atoms with Gasteiger partial charge in [0.2, 0.25) is 0 Å². The van der Waals surface area contributed by atoms with Crippen molar-refractivity contribution in [3.63, 3.8) is 0 Å². The SMILES string of the molecule is C1=C2C(C3CCCC13)C2C1CC2CCC1C2. The Morgan fingerprint density at radius 3 is 2.62 bits per heavy atom. The fourth-order valence-electron chi connectivity index (χ4n) is 6.23. The Morgan fingerprint density at radius 2 is 1.81 bits per heavy atom. The lowest BCUT2D eigenvalue weighted by Crippen LogP contribution is -2.17. The van der Waals surface area contributed by atoms with Gasteiger partial charge in [-0.1, -0.05) is 24.5 Å². The number of fused-ring (bicyclic) bond motifs is 5. The lowest BCUT2D eigenvalue weighted by molar-refractivity contribution is 0.259. The first-order valence-corrected chi connectivity index (χ1v) is 7.63. The van der Waals surface area contributed by atoms with Crippen molar-refractivity contribution >= 4 is 0 Å². The summed E-state index contributed by atoms with van der Waals surface area (Å²) in [5.74, 6) is 7.83. The van der Waals surface area contributed by atoms with Gasteiger partial charge in [0.25, 0.3) is 0 Å². The molecule has 0 aliphatic heterocycles. The van der Waals surface area contributed by atoms with Crippen molar-refractivity contribution < 1.29 is 0 Å². The number of rotatable bonds is 1. The van der Waals surface area contributed by atoms with Crippen LogP contribution in [0, 0.1) is 41.4 Å². The molecule has 5 aliphatic carbocycles. The monoisotopic (exact) mass is 214 g/mol. The minimum atomic E-state index is 1.04. The van der Waals surface area contributed by atoms with E-state index in [0.29, 0.717) is 0 Å². The fraction of sp³-hybridized carbons (Fsp3) is 0.875. The molecule has 0 heteroatoms. The summed E-state index contributed by atoms with van der Waals surface area (Å²) in [5, 5.41) is 0. The van der Waals surface area contributed by atoms with E-state index >= 15 is 0 Å². The van der Waals surface area contributed by atoms with Crippen LogP contribution in [0.1, 0.15) is 44.9 Å². The predicted octanol–water partition coefficient (Wildman–Crippen LogP) is 4.02. The van der Waals surface area contributed by atoms with Crippen LogP contribution < -0.4 is 0 Å². The van der Waals surface area contributed by atoms with E-state index in [2.05, 4.69) is 6.08 Å². The van der Waals surface area contributed by atoms with E-state index in [-0.39, 0.29) is 0 Å². The molecular formula is C16H22. The molecular weight excluding hydrogens is 192 g/mol. The molecule has 0 heterocycles. The lowest BCUT2D eigenvalue weighted by Gasteiger charge is -2.24. The largest absolute Gasteiger partial charge is 0.0813 e. The standard InChI is InChI=1S/C16H22/c1-2-10-8-14-15(12(10)3-1)16(14)13-7-9-4-5-11(13)6-9/h8-13,15-16H,1-7H2. The first kappa shape index (κ1) is 8.78. The second-order valence-electron chi connectivity index (χ2n) is 7.32. The normalized spacial score (nSPS) is 61.0. The zero-order chi connectivity index (χ0) is 10.3. The molecule has 0 aromatic rings. The number of hydrogen-bond donors (Lipinski definition) is 0. The molecule has 0 saturated heterocycles. The van der Waals surface area contributed by atoms with Crippen molar-refractivity contribution in [3.05, 3.63) is 11.6 Å². The van der Waals surface area contributed by atoms with Crippen LogP contribution in [0.15, 0.2) is 11.6 Å². The average molecular weight is 214 g/mol. The molecule has 4 fully saturated rings. The minimum absolute atomic E-state index is 1.04. The third kappa shape index (κ3) is 0.939. The van der Waals surface area contributed by atoms with E-state index in [1.807, 2.05) is 5.57 Å². The Labute approximate surface area is 98.5 Å². The quantitative estimate of drug-likeness (QED) is 0.578. The van der Waals surface area contributed by atoms with Crippen LogP contribution in [-0.4, -0.2) is 0 Å². The molecule has 0 nitrogen and oxygen atoms in total. The molecule has 7 atom stereocenters. The molecule has 86 valence electrons. The summed E-state index contributed by atoms with van der Waals surface area (Å²) in [6.45, 7) is 0. The molecule has 5 aliphatic rings. The number of allylic oxidation sites excluding steroid dienone is 2. The van der Waals surface area contributed by atoms with Crippen molar-refractivity contribution in [1.29, 1.82) is 0 Å². The molecule has 2 bridgehead atoms. The van der Waals surface area contributed by atoms with Gasteiger partial charge in [-0.25, -0.2) is 0 Å². The molecule has 0 spiro atoms. The smallest absolute Gasteiger partial charge is 0.00975 e. The van der Waals surface area contributed by atoms with Gasteiger partial charge >= 0.3 is 0 Å². The van der Waals surface area contributed by atoms with Crippen molar-refractivity contribution in [1.82, 2.24) is 0 Å². The van der Waals surface area contributed by atoms with Crippen molar-refractivity contribution in [2.45, 2.75) is 44.9 Å². The molecule has 0 radical (unpaired) electrons. The van der Waals surface area contributed by atoms with E-state index in [9.17, 15) is 0 Å². The van der Waals surface area contributed by atoms with E-state index < -0.39 is 0 Å². The molecule has 16 heavy (non-hydrogen) atoms. The van der Waals surface area contributed by atoms with Crippen LogP contribution in [0.3, 0.4) is 0 Å². The molecule has 4 saturated carbocycles. The van der Waals surface area contributed by atoms with Crippen molar-refractivity contribution in [3.8, 4) is 0 Å². The van der Waals surface area contributed by atoms with E-state index in [1.54, 1.807) is 32.1 Å². The molecule has 7 unspecified atom stereocenters. The highest BCUT2D eigenvalue weighted by Crippen LogP contribution is 2.69. The highest BCUT2D eigenvalue weighted by Gasteiger charge is 2.61. The van der Waals surface area contributed by atoms with Gasteiger partial charge in [0.1, 0.15) is 0 Å². The molecule has 0 aromatic heterocycles. The van der Waals surface area contributed by atoms with Crippen LogP contribution in [-0.2, 0) is 0 Å². The lowest BCUT2D eigenvalue weighted by atomic mass is 9.81. The average Bonchev–Trinajstić information content (AvgIpc) is 2.84. The van der Waals surface area contributed by atoms with Crippen LogP contribution in [0.25, 0.3) is 0 Å². The Morgan fingerprint density at radius 1 is 0.875 bits per heavy atom.